The van der Waals surface area contributed by atoms with E-state index in [0.717, 1.165) is 25.0 Å². The van der Waals surface area contributed by atoms with Gasteiger partial charge in [0.25, 0.3) is 0 Å². The first-order valence-corrected chi connectivity index (χ1v) is 12.4. The number of carbonyl (C=O) groups excluding carboxylic acids is 3. The molecule has 0 spiro atoms. The molecule has 210 valence electrons. The Kier molecular flexibility index (Phi) is 8.46. The van der Waals surface area contributed by atoms with E-state index in [9.17, 15) is 31.9 Å². The molecule has 1 heterocycles. The molecular weight excluding hydrogens is 524 g/mol. The van der Waals surface area contributed by atoms with Crippen molar-refractivity contribution in [2.24, 2.45) is 0 Å². The van der Waals surface area contributed by atoms with Crippen molar-refractivity contribution in [2.75, 3.05) is 20.1 Å². The number of alkyl halides is 3. The van der Waals surface area contributed by atoms with Crippen LogP contribution in [0, 0.1) is 5.82 Å². The van der Waals surface area contributed by atoms with Gasteiger partial charge >= 0.3 is 24.4 Å². The third-order valence-corrected chi connectivity index (χ3v) is 6.43. The van der Waals surface area contributed by atoms with Gasteiger partial charge in [-0.2, -0.15) is 0 Å². The van der Waals surface area contributed by atoms with Crippen molar-refractivity contribution in [3.8, 4) is 5.75 Å². The molecule has 1 aliphatic heterocycles. The molecule has 0 radical (unpaired) electrons. The maximum Gasteiger partial charge on any atom is 0.573 e. The number of carbonyl (C=O) groups is 3. The average Bonchev–Trinajstić information content (AvgIpc) is 3.72. The lowest BCUT2D eigenvalue weighted by Crippen LogP contribution is -2.59. The molecular formula is C26H28F4N4O5. The van der Waals surface area contributed by atoms with Crippen LogP contribution in [-0.4, -0.2) is 72.5 Å². The van der Waals surface area contributed by atoms with E-state index in [2.05, 4.69) is 15.4 Å². The van der Waals surface area contributed by atoms with E-state index in [-0.39, 0.29) is 43.7 Å². The van der Waals surface area contributed by atoms with Crippen LogP contribution in [-0.2, 0) is 11.3 Å². The van der Waals surface area contributed by atoms with Crippen molar-refractivity contribution < 1.29 is 41.4 Å². The van der Waals surface area contributed by atoms with Crippen LogP contribution in [0.15, 0.2) is 48.5 Å². The zero-order chi connectivity index (χ0) is 28.2. The van der Waals surface area contributed by atoms with Gasteiger partial charge in [0.05, 0.1) is 18.2 Å². The summed E-state index contributed by atoms with van der Waals surface area (Å²) in [6.07, 6.45) is -3.88. The second kappa shape index (κ2) is 11.8. The number of ether oxygens (including phenoxy) is 2. The predicted octanol–water partition coefficient (Wildman–Crippen LogP) is 4.04. The first-order valence-electron chi connectivity index (χ1n) is 12.4. The van der Waals surface area contributed by atoms with Crippen LogP contribution in [0.1, 0.15) is 35.2 Å². The standard InChI is InChI=1S/C26H28F4N4O5/c1-31-24(36)33-14-19(11-21(15-33)38-23(35)16-5-3-2-4-6-16)34(18-8-9-18)25(37)32-13-17-7-10-20(12-22(17)27)39-26(28,29)30/h2-7,10,12,18-19,21H,8-9,11,13-15H2,1H3,(H,31,36)(H,32,37)/t19?,21-/m0/s1. The van der Waals surface area contributed by atoms with Gasteiger partial charge < -0.3 is 29.9 Å². The number of hydrogen-bond acceptors (Lipinski definition) is 5. The summed E-state index contributed by atoms with van der Waals surface area (Å²) in [6, 6.07) is 9.55. The Balaban J connectivity index is 1.45. The molecule has 2 fully saturated rings. The summed E-state index contributed by atoms with van der Waals surface area (Å²) >= 11 is 0. The van der Waals surface area contributed by atoms with Gasteiger partial charge in [0.2, 0.25) is 0 Å². The molecule has 4 rings (SSSR count). The normalized spacial score (nSPS) is 19.2. The second-order valence-electron chi connectivity index (χ2n) is 9.34. The van der Waals surface area contributed by atoms with Crippen LogP contribution in [0.4, 0.5) is 27.2 Å². The van der Waals surface area contributed by atoms with Crippen molar-refractivity contribution in [1.29, 1.82) is 0 Å². The Hall–Kier alpha value is -4.03. The van der Waals surface area contributed by atoms with Gasteiger partial charge in [0.1, 0.15) is 17.7 Å². The lowest BCUT2D eigenvalue weighted by atomic mass is 10.0. The molecule has 39 heavy (non-hydrogen) atoms. The molecule has 13 heteroatoms. The van der Waals surface area contributed by atoms with E-state index in [1.807, 2.05) is 0 Å². The summed E-state index contributed by atoms with van der Waals surface area (Å²) in [6.45, 7) is 0.0612. The number of rotatable bonds is 7. The fraction of sp³-hybridized carbons (Fsp3) is 0.423. The molecule has 2 atom stereocenters. The van der Waals surface area contributed by atoms with E-state index in [1.54, 1.807) is 35.2 Å². The maximum atomic E-state index is 14.4. The number of piperidine rings is 1. The number of hydrogen-bond donors (Lipinski definition) is 2. The topological polar surface area (TPSA) is 100 Å². The summed E-state index contributed by atoms with van der Waals surface area (Å²) in [5, 5.41) is 5.17. The monoisotopic (exact) mass is 552 g/mol. The van der Waals surface area contributed by atoms with Crippen LogP contribution < -0.4 is 15.4 Å². The Morgan fingerprint density at radius 1 is 1.05 bits per heavy atom. The van der Waals surface area contributed by atoms with E-state index < -0.39 is 42.1 Å². The number of halogens is 4. The quantitative estimate of drug-likeness (QED) is 0.399. The highest BCUT2D eigenvalue weighted by molar-refractivity contribution is 5.89. The lowest BCUT2D eigenvalue weighted by Gasteiger charge is -2.42. The molecule has 0 aromatic heterocycles. The van der Waals surface area contributed by atoms with Gasteiger partial charge in [-0.15, -0.1) is 13.2 Å². The highest BCUT2D eigenvalue weighted by Crippen LogP contribution is 2.32. The summed E-state index contributed by atoms with van der Waals surface area (Å²) < 4.78 is 61.0. The zero-order valence-electron chi connectivity index (χ0n) is 21.0. The van der Waals surface area contributed by atoms with Crippen molar-refractivity contribution in [1.82, 2.24) is 20.4 Å². The van der Waals surface area contributed by atoms with E-state index in [0.29, 0.717) is 11.6 Å². The first kappa shape index (κ1) is 28.0. The molecule has 9 nitrogen and oxygen atoms in total. The Morgan fingerprint density at radius 2 is 1.77 bits per heavy atom. The first-order chi connectivity index (χ1) is 18.5. The van der Waals surface area contributed by atoms with E-state index in [4.69, 9.17) is 4.74 Å². The van der Waals surface area contributed by atoms with Gasteiger partial charge in [0.15, 0.2) is 0 Å². The Morgan fingerprint density at radius 3 is 2.38 bits per heavy atom. The van der Waals surface area contributed by atoms with Crippen molar-refractivity contribution in [3.05, 3.63) is 65.5 Å². The maximum absolute atomic E-state index is 14.4. The molecule has 1 saturated heterocycles. The van der Waals surface area contributed by atoms with Crippen LogP contribution in [0.2, 0.25) is 0 Å². The minimum Gasteiger partial charge on any atom is -0.457 e. The highest BCUT2D eigenvalue weighted by Gasteiger charge is 2.43. The summed E-state index contributed by atoms with van der Waals surface area (Å²) in [5.41, 5.74) is 0.329. The Bertz CT molecular complexity index is 1190. The lowest BCUT2D eigenvalue weighted by molar-refractivity contribution is -0.274. The molecule has 1 unspecified atom stereocenters. The van der Waals surface area contributed by atoms with E-state index >= 15 is 0 Å². The number of urea groups is 2. The molecule has 0 bridgehead atoms. The SMILES string of the molecule is CNC(=O)N1CC(N(C(=O)NCc2ccc(OC(F)(F)F)cc2F)C2CC2)C[C@H](OC(=O)c2ccccc2)C1. The number of esters is 1. The van der Waals surface area contributed by atoms with Crippen LogP contribution in [0.5, 0.6) is 5.75 Å². The van der Waals surface area contributed by atoms with Crippen molar-refractivity contribution in [3.63, 3.8) is 0 Å². The average molecular weight is 553 g/mol. The van der Waals surface area contributed by atoms with Gasteiger partial charge in [0, 0.05) is 44.2 Å². The molecule has 1 aliphatic carbocycles. The fourth-order valence-corrected chi connectivity index (χ4v) is 4.54. The summed E-state index contributed by atoms with van der Waals surface area (Å²) in [7, 11) is 1.47. The molecule has 2 aromatic rings. The summed E-state index contributed by atoms with van der Waals surface area (Å²) in [4.78, 5) is 41.5. The number of nitrogens with one attached hydrogen (secondary N) is 2. The zero-order valence-corrected chi connectivity index (χ0v) is 21.0. The van der Waals surface area contributed by atoms with Gasteiger partial charge in [-0.05, 0) is 31.0 Å². The largest absolute Gasteiger partial charge is 0.573 e. The number of likely N-dealkylation sites (tertiary alicyclic amines) is 1. The molecule has 2 aliphatic rings. The molecule has 4 amide bonds. The predicted molar refractivity (Wildman–Crippen MR) is 130 cm³/mol. The molecule has 2 aromatic carbocycles. The van der Waals surface area contributed by atoms with Gasteiger partial charge in [-0.1, -0.05) is 24.3 Å². The van der Waals surface area contributed by atoms with Gasteiger partial charge in [-0.25, -0.2) is 18.8 Å². The summed E-state index contributed by atoms with van der Waals surface area (Å²) in [5.74, 6) is -2.22. The van der Waals surface area contributed by atoms with Crippen LogP contribution in [0.25, 0.3) is 0 Å². The van der Waals surface area contributed by atoms with E-state index in [1.165, 1.54) is 11.9 Å². The minimum absolute atomic E-state index is 0.0288. The second-order valence-corrected chi connectivity index (χ2v) is 9.34. The third-order valence-electron chi connectivity index (χ3n) is 6.43. The fourth-order valence-electron chi connectivity index (χ4n) is 4.54. The molecule has 2 N–H and O–H groups in total. The molecule has 1 saturated carbocycles. The van der Waals surface area contributed by atoms with Crippen LogP contribution >= 0.6 is 0 Å². The highest BCUT2D eigenvalue weighted by atomic mass is 19.4. The number of nitrogens with zero attached hydrogens (tertiary/aromatic N) is 2. The minimum atomic E-state index is -4.96. The number of amides is 4. The Labute approximate surface area is 222 Å². The van der Waals surface area contributed by atoms with Crippen LogP contribution in [0.3, 0.4) is 0 Å². The van der Waals surface area contributed by atoms with Crippen molar-refractivity contribution >= 4 is 18.0 Å². The smallest absolute Gasteiger partial charge is 0.457 e. The number of benzene rings is 2. The van der Waals surface area contributed by atoms with Gasteiger partial charge in [-0.3, -0.25) is 0 Å². The van der Waals surface area contributed by atoms with Crippen molar-refractivity contribution in [2.45, 2.75) is 50.4 Å². The third kappa shape index (κ3) is 7.52.